The van der Waals surface area contributed by atoms with Crippen LogP contribution in [0.25, 0.3) is 0 Å². The standard InChI is InChI=1S/C12H9NO4/c14-11(15)10-12(16)17-8-5-1-3-7-4-2-6-13(10)9(7)8/h1-6,9-10H,(H,14,15). The van der Waals surface area contributed by atoms with E-state index in [9.17, 15) is 9.59 Å². The number of rotatable bonds is 1. The molecule has 2 unspecified atom stereocenters. The maximum atomic E-state index is 11.6. The van der Waals surface area contributed by atoms with Crippen molar-refractivity contribution < 1.29 is 19.4 Å². The normalized spacial score (nSPS) is 29.2. The molecule has 1 aliphatic carbocycles. The summed E-state index contributed by atoms with van der Waals surface area (Å²) in [6.45, 7) is 0. The highest BCUT2D eigenvalue weighted by molar-refractivity contribution is 6.00. The number of morpholine rings is 1. The van der Waals surface area contributed by atoms with Gasteiger partial charge in [-0.15, -0.1) is 0 Å². The SMILES string of the molecule is O=C(O)C1C(=O)OC2=CC=CC3=CC=CN1C32. The molecule has 3 aliphatic rings. The Labute approximate surface area is 97.0 Å². The van der Waals surface area contributed by atoms with Gasteiger partial charge >= 0.3 is 11.9 Å². The van der Waals surface area contributed by atoms with Crippen molar-refractivity contribution in [3.05, 3.63) is 47.9 Å². The molecule has 1 N–H and O–H groups in total. The molecule has 0 aromatic heterocycles. The summed E-state index contributed by atoms with van der Waals surface area (Å²) in [6.07, 6.45) is 10.6. The lowest BCUT2D eigenvalue weighted by Crippen LogP contribution is -2.56. The Bertz CT molecular complexity index is 527. The molecule has 0 aromatic rings. The van der Waals surface area contributed by atoms with Gasteiger partial charge in [0, 0.05) is 6.20 Å². The minimum atomic E-state index is -1.27. The monoisotopic (exact) mass is 231 g/mol. The van der Waals surface area contributed by atoms with Crippen LogP contribution >= 0.6 is 0 Å². The molecule has 0 saturated carbocycles. The highest BCUT2D eigenvalue weighted by Gasteiger charge is 2.46. The summed E-state index contributed by atoms with van der Waals surface area (Å²) in [6, 6.07) is -1.58. The van der Waals surface area contributed by atoms with Crippen LogP contribution in [0.15, 0.2) is 47.9 Å². The highest BCUT2D eigenvalue weighted by atomic mass is 16.5. The predicted octanol–water partition coefficient (Wildman–Crippen LogP) is 0.574. The number of nitrogens with zero attached hydrogens (tertiary/aromatic N) is 1. The molecule has 2 aliphatic heterocycles. The van der Waals surface area contributed by atoms with Gasteiger partial charge in [0.2, 0.25) is 6.04 Å². The van der Waals surface area contributed by atoms with Crippen molar-refractivity contribution in [3.63, 3.8) is 0 Å². The van der Waals surface area contributed by atoms with E-state index in [-0.39, 0.29) is 6.04 Å². The molecule has 86 valence electrons. The van der Waals surface area contributed by atoms with Crippen molar-refractivity contribution in [2.45, 2.75) is 12.1 Å². The number of hydrogen-bond acceptors (Lipinski definition) is 4. The lowest BCUT2D eigenvalue weighted by atomic mass is 9.93. The summed E-state index contributed by atoms with van der Waals surface area (Å²) >= 11 is 0. The molecule has 1 fully saturated rings. The topological polar surface area (TPSA) is 66.8 Å². The molecule has 0 aromatic carbocycles. The van der Waals surface area contributed by atoms with E-state index < -0.39 is 18.0 Å². The molecule has 0 radical (unpaired) electrons. The Morgan fingerprint density at radius 1 is 1.35 bits per heavy atom. The van der Waals surface area contributed by atoms with E-state index in [1.807, 2.05) is 12.2 Å². The molecular weight excluding hydrogens is 222 g/mol. The van der Waals surface area contributed by atoms with Gasteiger partial charge in [0.1, 0.15) is 11.8 Å². The van der Waals surface area contributed by atoms with Crippen LogP contribution in [-0.2, 0) is 14.3 Å². The van der Waals surface area contributed by atoms with Gasteiger partial charge in [-0.2, -0.15) is 0 Å². The van der Waals surface area contributed by atoms with Gasteiger partial charge in [-0.25, -0.2) is 9.59 Å². The Morgan fingerprint density at radius 3 is 2.94 bits per heavy atom. The number of carbonyl (C=O) groups excluding carboxylic acids is 1. The average Bonchev–Trinajstić information content (AvgIpc) is 2.28. The molecule has 2 heterocycles. The van der Waals surface area contributed by atoms with Crippen LogP contribution in [0.3, 0.4) is 0 Å². The molecule has 2 atom stereocenters. The molecule has 17 heavy (non-hydrogen) atoms. The minimum Gasteiger partial charge on any atom is -0.479 e. The number of allylic oxidation sites excluding steroid dienone is 4. The van der Waals surface area contributed by atoms with E-state index in [4.69, 9.17) is 9.84 Å². The number of carboxylic acids is 1. The van der Waals surface area contributed by atoms with Crippen LogP contribution in [0.2, 0.25) is 0 Å². The number of carboxylic acid groups (broad SMARTS) is 1. The van der Waals surface area contributed by atoms with Crippen LogP contribution < -0.4 is 0 Å². The van der Waals surface area contributed by atoms with Gasteiger partial charge < -0.3 is 14.7 Å². The number of carbonyl (C=O) groups is 2. The molecule has 5 nitrogen and oxygen atoms in total. The summed E-state index contributed by atoms with van der Waals surface area (Å²) in [4.78, 5) is 24.2. The van der Waals surface area contributed by atoms with Gasteiger partial charge in [0.15, 0.2) is 0 Å². The van der Waals surface area contributed by atoms with Gasteiger partial charge in [0.05, 0.1) is 0 Å². The summed E-state index contributed by atoms with van der Waals surface area (Å²) in [5.41, 5.74) is 0.920. The average molecular weight is 231 g/mol. The second-order valence-corrected chi connectivity index (χ2v) is 3.95. The molecule has 5 heteroatoms. The number of ether oxygens (including phenoxy) is 1. The van der Waals surface area contributed by atoms with E-state index in [0.29, 0.717) is 5.76 Å². The van der Waals surface area contributed by atoms with E-state index in [1.165, 1.54) is 4.90 Å². The van der Waals surface area contributed by atoms with Crippen LogP contribution in [0.4, 0.5) is 0 Å². The molecular formula is C12H9NO4. The van der Waals surface area contributed by atoms with Crippen molar-refractivity contribution in [1.82, 2.24) is 4.90 Å². The molecule has 1 saturated heterocycles. The Hall–Kier alpha value is -2.30. The van der Waals surface area contributed by atoms with E-state index in [1.54, 1.807) is 24.4 Å². The van der Waals surface area contributed by atoms with E-state index in [2.05, 4.69) is 0 Å². The van der Waals surface area contributed by atoms with Gasteiger partial charge in [-0.3, -0.25) is 0 Å². The first kappa shape index (κ1) is 9.89. The summed E-state index contributed by atoms with van der Waals surface area (Å²) in [5, 5.41) is 9.08. The first-order chi connectivity index (χ1) is 8.18. The second kappa shape index (κ2) is 3.35. The maximum Gasteiger partial charge on any atom is 0.345 e. The number of esters is 1. The number of aliphatic carboxylic acids is 1. The largest absolute Gasteiger partial charge is 0.479 e. The predicted molar refractivity (Wildman–Crippen MR) is 57.6 cm³/mol. The van der Waals surface area contributed by atoms with Gasteiger partial charge in [0.25, 0.3) is 0 Å². The van der Waals surface area contributed by atoms with Gasteiger partial charge in [-0.1, -0.05) is 18.2 Å². The third-order valence-electron chi connectivity index (χ3n) is 2.95. The fraction of sp³-hybridized carbons (Fsp3) is 0.167. The van der Waals surface area contributed by atoms with Crippen LogP contribution in [0, 0.1) is 0 Å². The van der Waals surface area contributed by atoms with Crippen molar-refractivity contribution in [3.8, 4) is 0 Å². The zero-order valence-corrected chi connectivity index (χ0v) is 8.74. The van der Waals surface area contributed by atoms with E-state index in [0.717, 1.165) is 5.57 Å². The Kier molecular flexibility index (Phi) is 1.95. The zero-order valence-electron chi connectivity index (χ0n) is 8.74. The zero-order chi connectivity index (χ0) is 12.0. The quantitative estimate of drug-likeness (QED) is 0.528. The van der Waals surface area contributed by atoms with Crippen LogP contribution in [-0.4, -0.2) is 34.0 Å². The molecule has 3 rings (SSSR count). The van der Waals surface area contributed by atoms with Gasteiger partial charge in [-0.05, 0) is 17.7 Å². The minimum absolute atomic E-state index is 0.302. The fourth-order valence-electron chi connectivity index (χ4n) is 2.25. The van der Waals surface area contributed by atoms with Crippen molar-refractivity contribution in [1.29, 1.82) is 0 Å². The second-order valence-electron chi connectivity index (χ2n) is 3.95. The van der Waals surface area contributed by atoms with Crippen molar-refractivity contribution in [2.24, 2.45) is 0 Å². The van der Waals surface area contributed by atoms with Crippen LogP contribution in [0.1, 0.15) is 0 Å². The Balaban J connectivity index is 2.09. The lowest BCUT2D eigenvalue weighted by molar-refractivity contribution is -0.162. The fourth-order valence-corrected chi connectivity index (χ4v) is 2.25. The summed E-state index contributed by atoms with van der Waals surface area (Å²) in [5.74, 6) is -1.47. The lowest BCUT2D eigenvalue weighted by Gasteiger charge is -2.42. The summed E-state index contributed by atoms with van der Waals surface area (Å²) < 4.78 is 5.07. The van der Waals surface area contributed by atoms with Crippen molar-refractivity contribution >= 4 is 11.9 Å². The van der Waals surface area contributed by atoms with Crippen molar-refractivity contribution in [2.75, 3.05) is 0 Å². The van der Waals surface area contributed by atoms with E-state index >= 15 is 0 Å². The molecule has 0 spiro atoms. The third kappa shape index (κ3) is 1.32. The number of hydrogen-bond donors (Lipinski definition) is 1. The highest BCUT2D eigenvalue weighted by Crippen LogP contribution is 2.33. The molecule has 0 amide bonds. The summed E-state index contributed by atoms with van der Waals surface area (Å²) in [7, 11) is 0. The third-order valence-corrected chi connectivity index (χ3v) is 2.95. The van der Waals surface area contributed by atoms with Crippen LogP contribution in [0.5, 0.6) is 0 Å². The maximum absolute atomic E-state index is 11.6. The molecule has 0 bridgehead atoms. The smallest absolute Gasteiger partial charge is 0.345 e. The first-order valence-corrected chi connectivity index (χ1v) is 5.17. The Morgan fingerprint density at radius 2 is 2.18 bits per heavy atom. The first-order valence-electron chi connectivity index (χ1n) is 5.17.